The Morgan fingerprint density at radius 1 is 1.20 bits per heavy atom. The molecule has 9 heteroatoms. The number of fused-ring (bicyclic) bond motifs is 1. The number of nitrogens with one attached hydrogen (secondary N) is 4. The standard InChI is InChI=1S/C21H21N7O2/c1-12-8-17(25-18-9-13(2)27-28-18)26-20(19(12)22-3)23-6-7-30-15-4-5-16-14(10-15)11-24-21(16)29/h4-5,8-11,24,29H,6-7H2,1-2H3,(H3,23,25,26,27,28). The third-order valence-electron chi connectivity index (χ3n) is 4.56. The normalized spacial score (nSPS) is 10.7. The van der Waals surface area contributed by atoms with Gasteiger partial charge in [-0.1, -0.05) is 0 Å². The zero-order chi connectivity index (χ0) is 21.1. The molecular formula is C21H21N7O2. The fourth-order valence-electron chi connectivity index (χ4n) is 3.14. The van der Waals surface area contributed by atoms with E-state index in [-0.39, 0.29) is 5.88 Å². The number of aromatic hydroxyl groups is 1. The van der Waals surface area contributed by atoms with Gasteiger partial charge in [-0.3, -0.25) is 5.10 Å². The van der Waals surface area contributed by atoms with Gasteiger partial charge in [-0.2, -0.15) is 5.10 Å². The van der Waals surface area contributed by atoms with Crippen LogP contribution < -0.4 is 15.4 Å². The van der Waals surface area contributed by atoms with Crippen LogP contribution >= 0.6 is 0 Å². The van der Waals surface area contributed by atoms with Gasteiger partial charge in [-0.25, -0.2) is 9.83 Å². The van der Waals surface area contributed by atoms with Gasteiger partial charge in [0.1, 0.15) is 24.0 Å². The maximum atomic E-state index is 9.68. The summed E-state index contributed by atoms with van der Waals surface area (Å²) < 4.78 is 5.78. The zero-order valence-electron chi connectivity index (χ0n) is 16.6. The van der Waals surface area contributed by atoms with Gasteiger partial charge in [0, 0.05) is 35.3 Å². The number of benzene rings is 1. The first-order chi connectivity index (χ1) is 14.5. The highest BCUT2D eigenvalue weighted by molar-refractivity contribution is 5.88. The molecule has 3 heterocycles. The summed E-state index contributed by atoms with van der Waals surface area (Å²) >= 11 is 0. The van der Waals surface area contributed by atoms with Gasteiger partial charge >= 0.3 is 0 Å². The molecule has 9 nitrogen and oxygen atoms in total. The van der Waals surface area contributed by atoms with Crippen molar-refractivity contribution in [3.8, 4) is 11.6 Å². The summed E-state index contributed by atoms with van der Waals surface area (Å²) in [6.07, 6.45) is 1.73. The van der Waals surface area contributed by atoms with E-state index in [0.717, 1.165) is 22.0 Å². The van der Waals surface area contributed by atoms with Crippen molar-refractivity contribution < 1.29 is 9.84 Å². The van der Waals surface area contributed by atoms with E-state index < -0.39 is 0 Å². The largest absolute Gasteiger partial charge is 0.494 e. The Morgan fingerprint density at radius 2 is 2.07 bits per heavy atom. The molecule has 0 aliphatic carbocycles. The quantitative estimate of drug-likeness (QED) is 0.231. The molecule has 30 heavy (non-hydrogen) atoms. The Bertz CT molecular complexity index is 1240. The van der Waals surface area contributed by atoms with E-state index in [0.29, 0.717) is 42.0 Å². The molecule has 0 saturated carbocycles. The molecule has 5 N–H and O–H groups in total. The van der Waals surface area contributed by atoms with Crippen molar-refractivity contribution in [2.45, 2.75) is 13.8 Å². The van der Waals surface area contributed by atoms with E-state index in [2.05, 4.69) is 35.6 Å². The first-order valence-corrected chi connectivity index (χ1v) is 9.38. The van der Waals surface area contributed by atoms with Crippen LogP contribution in [0, 0.1) is 20.4 Å². The van der Waals surface area contributed by atoms with E-state index in [1.54, 1.807) is 18.3 Å². The van der Waals surface area contributed by atoms with Crippen molar-refractivity contribution in [2.75, 3.05) is 23.8 Å². The Balaban J connectivity index is 1.41. The molecule has 0 aliphatic heterocycles. The van der Waals surface area contributed by atoms with Crippen LogP contribution in [0.5, 0.6) is 11.6 Å². The number of nitrogens with zero attached hydrogens (tertiary/aromatic N) is 3. The van der Waals surface area contributed by atoms with E-state index in [4.69, 9.17) is 11.3 Å². The molecule has 0 fully saturated rings. The second kappa shape index (κ2) is 8.05. The van der Waals surface area contributed by atoms with Crippen LogP contribution in [0.15, 0.2) is 36.5 Å². The average Bonchev–Trinajstić information content (AvgIpc) is 3.30. The highest BCUT2D eigenvalue weighted by Crippen LogP contribution is 2.31. The van der Waals surface area contributed by atoms with E-state index in [1.807, 2.05) is 32.0 Å². The molecule has 1 aromatic carbocycles. The van der Waals surface area contributed by atoms with E-state index >= 15 is 0 Å². The minimum Gasteiger partial charge on any atom is -0.494 e. The molecule has 0 unspecified atom stereocenters. The van der Waals surface area contributed by atoms with Gasteiger partial charge in [0.05, 0.1) is 6.57 Å². The predicted molar refractivity (Wildman–Crippen MR) is 116 cm³/mol. The lowest BCUT2D eigenvalue weighted by Crippen LogP contribution is -2.13. The third kappa shape index (κ3) is 3.98. The van der Waals surface area contributed by atoms with E-state index in [9.17, 15) is 5.11 Å². The topological polar surface area (TPSA) is 115 Å². The SMILES string of the molecule is [C-]#[N+]c1c(C)cc(Nc2cc(C)[nH]n2)nc1NCCOc1ccc2c(O)[nH]cc2c1. The summed E-state index contributed by atoms with van der Waals surface area (Å²) in [6.45, 7) is 12.1. The second-order valence-electron chi connectivity index (χ2n) is 6.86. The maximum Gasteiger partial charge on any atom is 0.231 e. The van der Waals surface area contributed by atoms with Crippen molar-refractivity contribution in [1.82, 2.24) is 20.2 Å². The molecular weight excluding hydrogens is 382 g/mol. The van der Waals surface area contributed by atoms with Crippen molar-refractivity contribution in [2.24, 2.45) is 0 Å². The summed E-state index contributed by atoms with van der Waals surface area (Å²) in [6, 6.07) is 9.16. The van der Waals surface area contributed by atoms with Crippen LogP contribution in [0.3, 0.4) is 0 Å². The zero-order valence-corrected chi connectivity index (χ0v) is 16.6. The number of rotatable bonds is 7. The molecule has 4 rings (SSSR count). The molecule has 152 valence electrons. The molecule has 0 aliphatic rings. The maximum absolute atomic E-state index is 9.68. The Kier molecular flexibility index (Phi) is 5.13. The molecule has 0 radical (unpaired) electrons. The van der Waals surface area contributed by atoms with Crippen molar-refractivity contribution in [3.63, 3.8) is 0 Å². The first-order valence-electron chi connectivity index (χ1n) is 9.38. The van der Waals surface area contributed by atoms with Crippen LogP contribution in [0.4, 0.5) is 23.1 Å². The van der Waals surface area contributed by atoms with Crippen LogP contribution in [-0.4, -0.2) is 38.4 Å². The van der Waals surface area contributed by atoms with Gasteiger partial charge in [0.15, 0.2) is 11.7 Å². The number of aromatic nitrogens is 4. The molecule has 3 aromatic heterocycles. The molecule has 0 atom stereocenters. The monoisotopic (exact) mass is 403 g/mol. The number of pyridine rings is 1. The lowest BCUT2D eigenvalue weighted by atomic mass is 10.2. The molecule has 4 aromatic rings. The van der Waals surface area contributed by atoms with Crippen LogP contribution in [0.2, 0.25) is 0 Å². The molecule has 0 amide bonds. The lowest BCUT2D eigenvalue weighted by Gasteiger charge is -2.13. The number of ether oxygens (including phenoxy) is 1. The Labute approximate surface area is 172 Å². The van der Waals surface area contributed by atoms with Gasteiger partial charge < -0.3 is 25.5 Å². The van der Waals surface area contributed by atoms with Gasteiger partial charge in [0.2, 0.25) is 5.69 Å². The fourth-order valence-corrected chi connectivity index (χ4v) is 3.14. The average molecular weight is 403 g/mol. The van der Waals surface area contributed by atoms with Crippen LogP contribution in [0.1, 0.15) is 11.3 Å². The minimum atomic E-state index is 0.143. The Morgan fingerprint density at radius 3 is 2.83 bits per heavy atom. The Hall–Kier alpha value is -4.19. The summed E-state index contributed by atoms with van der Waals surface area (Å²) in [4.78, 5) is 10.9. The smallest absolute Gasteiger partial charge is 0.231 e. The van der Waals surface area contributed by atoms with Crippen molar-refractivity contribution in [3.05, 3.63) is 59.2 Å². The van der Waals surface area contributed by atoms with Crippen molar-refractivity contribution >= 4 is 33.9 Å². The molecule has 0 bridgehead atoms. The fraction of sp³-hybridized carbons (Fsp3) is 0.190. The molecule has 0 saturated heterocycles. The molecule has 0 spiro atoms. The van der Waals surface area contributed by atoms with Gasteiger partial charge in [-0.15, -0.1) is 0 Å². The van der Waals surface area contributed by atoms with Gasteiger partial charge in [0.25, 0.3) is 0 Å². The number of anilines is 3. The van der Waals surface area contributed by atoms with Gasteiger partial charge in [-0.05, 0) is 43.7 Å². The summed E-state index contributed by atoms with van der Waals surface area (Å²) in [5, 5.41) is 24.7. The minimum absolute atomic E-state index is 0.143. The summed E-state index contributed by atoms with van der Waals surface area (Å²) in [7, 11) is 0. The van der Waals surface area contributed by atoms with Crippen molar-refractivity contribution in [1.29, 1.82) is 0 Å². The van der Waals surface area contributed by atoms with Crippen LogP contribution in [0.25, 0.3) is 15.6 Å². The first kappa shape index (κ1) is 19.1. The second-order valence-corrected chi connectivity index (χ2v) is 6.86. The highest BCUT2D eigenvalue weighted by atomic mass is 16.5. The van der Waals surface area contributed by atoms with E-state index in [1.165, 1.54) is 0 Å². The predicted octanol–water partition coefficient (Wildman–Crippen LogP) is 4.39. The van der Waals surface area contributed by atoms with Crippen LogP contribution in [-0.2, 0) is 0 Å². The number of hydrogen-bond donors (Lipinski definition) is 5. The summed E-state index contributed by atoms with van der Waals surface area (Å²) in [5.74, 6) is 2.60. The summed E-state index contributed by atoms with van der Waals surface area (Å²) in [5.41, 5.74) is 2.23. The number of aryl methyl sites for hydroxylation is 2. The number of aromatic amines is 2. The highest BCUT2D eigenvalue weighted by Gasteiger charge is 2.11. The lowest BCUT2D eigenvalue weighted by molar-refractivity contribution is 0.333. The number of H-pyrrole nitrogens is 2. The third-order valence-corrected chi connectivity index (χ3v) is 4.56. The number of hydrogen-bond acceptors (Lipinski definition) is 6.